The second-order valence-electron chi connectivity index (χ2n) is 3.22. The molecule has 0 aromatic heterocycles. The zero-order valence-corrected chi connectivity index (χ0v) is 9.66. The van der Waals surface area contributed by atoms with Gasteiger partial charge in [-0.2, -0.15) is 0 Å². The number of nitrogens with zero attached hydrogens (tertiary/aromatic N) is 1. The average molecular weight is 231 g/mol. The van der Waals surface area contributed by atoms with Gasteiger partial charge in [0.2, 0.25) is 11.9 Å². The van der Waals surface area contributed by atoms with Crippen molar-refractivity contribution >= 4 is 11.9 Å². The van der Waals surface area contributed by atoms with Crippen molar-refractivity contribution < 1.29 is 9.53 Å². The quantitative estimate of drug-likeness (QED) is 0.136. The van der Waals surface area contributed by atoms with Crippen molar-refractivity contribution in [1.29, 1.82) is 0 Å². The molecule has 0 spiro atoms. The molecule has 0 aromatic rings. The van der Waals surface area contributed by atoms with Gasteiger partial charge < -0.3 is 15.8 Å². The first-order chi connectivity index (χ1) is 7.70. The lowest BCUT2D eigenvalue weighted by Crippen LogP contribution is -2.42. The van der Waals surface area contributed by atoms with Crippen LogP contribution in [-0.4, -0.2) is 38.7 Å². The van der Waals surface area contributed by atoms with E-state index in [1.807, 2.05) is 0 Å². The Hall–Kier alpha value is -1.34. The van der Waals surface area contributed by atoms with Gasteiger partial charge in [0.1, 0.15) is 0 Å². The van der Waals surface area contributed by atoms with Gasteiger partial charge >= 0.3 is 0 Å². The Morgan fingerprint density at radius 1 is 1.44 bits per heavy atom. The molecule has 94 valence electrons. The Labute approximate surface area is 95.6 Å². The Morgan fingerprint density at radius 2 is 2.19 bits per heavy atom. The summed E-state index contributed by atoms with van der Waals surface area (Å²) in [4.78, 5) is 14.6. The molecule has 0 heterocycles. The van der Waals surface area contributed by atoms with Crippen LogP contribution in [0.25, 0.3) is 0 Å². The molecule has 7 nitrogen and oxygen atoms in total. The number of aliphatic imine (C=N–C) groups is 1. The predicted molar refractivity (Wildman–Crippen MR) is 62.5 cm³/mol. The van der Waals surface area contributed by atoms with E-state index >= 15 is 0 Å². The van der Waals surface area contributed by atoms with E-state index in [2.05, 4.69) is 15.7 Å². The van der Waals surface area contributed by atoms with Gasteiger partial charge in [0.15, 0.2) is 0 Å². The average Bonchev–Trinajstić information content (AvgIpc) is 2.26. The van der Waals surface area contributed by atoms with Crippen LogP contribution in [0.3, 0.4) is 0 Å². The van der Waals surface area contributed by atoms with Crippen LogP contribution < -0.4 is 22.3 Å². The summed E-state index contributed by atoms with van der Waals surface area (Å²) in [6.07, 6.45) is 1.84. The monoisotopic (exact) mass is 231 g/mol. The lowest BCUT2D eigenvalue weighted by atomic mass is 10.3. The highest BCUT2D eigenvalue weighted by molar-refractivity contribution is 5.79. The van der Waals surface area contributed by atoms with Crippen LogP contribution in [0.4, 0.5) is 0 Å². The summed E-state index contributed by atoms with van der Waals surface area (Å²) in [7, 11) is 1.65. The Balaban J connectivity index is 3.62. The van der Waals surface area contributed by atoms with Gasteiger partial charge in [-0.1, -0.05) is 0 Å². The van der Waals surface area contributed by atoms with Crippen LogP contribution in [0.2, 0.25) is 0 Å². The van der Waals surface area contributed by atoms with E-state index in [0.717, 1.165) is 13.0 Å². The molecule has 0 unspecified atom stereocenters. The Kier molecular flexibility index (Phi) is 9.33. The number of primary amides is 1. The first-order valence-electron chi connectivity index (χ1n) is 5.23. The van der Waals surface area contributed by atoms with E-state index in [4.69, 9.17) is 16.3 Å². The van der Waals surface area contributed by atoms with Gasteiger partial charge in [-0.25, -0.2) is 5.84 Å². The first kappa shape index (κ1) is 14.7. The van der Waals surface area contributed by atoms with Crippen molar-refractivity contribution in [3.8, 4) is 0 Å². The molecule has 0 saturated heterocycles. The largest absolute Gasteiger partial charge is 0.385 e. The number of hydrogen-bond acceptors (Lipinski definition) is 4. The van der Waals surface area contributed by atoms with Crippen LogP contribution in [0.1, 0.15) is 19.3 Å². The minimum Gasteiger partial charge on any atom is -0.385 e. The molecule has 0 saturated carbocycles. The Morgan fingerprint density at radius 3 is 2.75 bits per heavy atom. The fourth-order valence-corrected chi connectivity index (χ4v) is 1.02. The summed E-state index contributed by atoms with van der Waals surface area (Å²) < 4.78 is 4.90. The van der Waals surface area contributed by atoms with E-state index in [9.17, 15) is 4.79 Å². The van der Waals surface area contributed by atoms with Gasteiger partial charge in [-0.15, -0.1) is 0 Å². The first-order valence-corrected chi connectivity index (χ1v) is 5.23. The van der Waals surface area contributed by atoms with Gasteiger partial charge in [0.05, 0.1) is 0 Å². The fraction of sp³-hybridized carbons (Fsp3) is 0.778. The summed E-state index contributed by atoms with van der Waals surface area (Å²) in [6, 6.07) is 0. The fourth-order valence-electron chi connectivity index (χ4n) is 1.02. The van der Waals surface area contributed by atoms with Crippen LogP contribution >= 0.6 is 0 Å². The summed E-state index contributed by atoms with van der Waals surface area (Å²) in [6.45, 7) is 1.93. The summed E-state index contributed by atoms with van der Waals surface area (Å²) >= 11 is 0. The summed E-state index contributed by atoms with van der Waals surface area (Å²) in [5.41, 5.74) is 7.45. The molecule has 0 aliphatic rings. The number of hydrazine groups is 1. The number of rotatable bonds is 8. The topological polar surface area (TPSA) is 115 Å². The second-order valence-corrected chi connectivity index (χ2v) is 3.22. The van der Waals surface area contributed by atoms with E-state index in [1.54, 1.807) is 7.11 Å². The maximum atomic E-state index is 10.5. The van der Waals surface area contributed by atoms with Gasteiger partial charge in [0, 0.05) is 33.2 Å². The zero-order chi connectivity index (χ0) is 12.2. The molecule has 6 N–H and O–H groups in total. The van der Waals surface area contributed by atoms with E-state index in [1.165, 1.54) is 0 Å². The summed E-state index contributed by atoms with van der Waals surface area (Å²) in [5.74, 6) is 5.46. The number of guanidine groups is 1. The maximum Gasteiger partial charge on any atom is 0.217 e. The third-order valence-electron chi connectivity index (χ3n) is 1.81. The minimum atomic E-state index is -0.314. The number of amides is 1. The number of hydrogen-bond donors (Lipinski definition) is 4. The van der Waals surface area contributed by atoms with Crippen molar-refractivity contribution in [2.75, 3.05) is 26.8 Å². The number of carbonyl (C=O) groups excluding carboxylic acids is 1. The molecule has 0 aromatic carbocycles. The maximum absolute atomic E-state index is 10.5. The molecule has 0 bridgehead atoms. The highest BCUT2D eigenvalue weighted by Gasteiger charge is 1.96. The van der Waals surface area contributed by atoms with Gasteiger partial charge in [0.25, 0.3) is 0 Å². The van der Waals surface area contributed by atoms with Gasteiger partial charge in [-0.3, -0.25) is 15.2 Å². The predicted octanol–water partition coefficient (Wildman–Crippen LogP) is -1.30. The normalized spacial score (nSPS) is 11.2. The van der Waals surface area contributed by atoms with Crippen molar-refractivity contribution in [3.05, 3.63) is 0 Å². The number of nitrogens with one attached hydrogen (secondary N) is 2. The van der Waals surface area contributed by atoms with Crippen LogP contribution in [0.5, 0.6) is 0 Å². The molecular weight excluding hydrogens is 210 g/mol. The lowest BCUT2D eigenvalue weighted by Gasteiger charge is -2.08. The molecule has 0 aliphatic carbocycles. The van der Waals surface area contributed by atoms with Gasteiger partial charge in [-0.05, 0) is 12.8 Å². The van der Waals surface area contributed by atoms with Crippen LogP contribution in [0, 0.1) is 0 Å². The molecule has 1 amide bonds. The standard InChI is InChI=1S/C9H21N5O2/c1-16-7-3-6-13-9(14-11)12-5-2-4-8(10)15/h2-7,11H2,1H3,(H2,10,15)(H2,12,13,14). The number of ether oxygens (including phenoxy) is 1. The summed E-state index contributed by atoms with van der Waals surface area (Å²) in [5, 5.41) is 3.01. The SMILES string of the molecule is COCCCNC(=NCCCC(N)=O)NN. The lowest BCUT2D eigenvalue weighted by molar-refractivity contribution is -0.118. The third kappa shape index (κ3) is 9.22. The number of carbonyl (C=O) groups is 1. The van der Waals surface area contributed by atoms with Crippen molar-refractivity contribution in [1.82, 2.24) is 10.7 Å². The van der Waals surface area contributed by atoms with Crippen LogP contribution in [0.15, 0.2) is 4.99 Å². The minimum absolute atomic E-state index is 0.314. The van der Waals surface area contributed by atoms with E-state index < -0.39 is 0 Å². The third-order valence-corrected chi connectivity index (χ3v) is 1.81. The number of methoxy groups -OCH3 is 1. The molecule has 0 atom stereocenters. The van der Waals surface area contributed by atoms with E-state index in [0.29, 0.717) is 32.0 Å². The molecule has 7 heteroatoms. The van der Waals surface area contributed by atoms with Crippen LogP contribution in [-0.2, 0) is 9.53 Å². The van der Waals surface area contributed by atoms with Crippen molar-refractivity contribution in [2.24, 2.45) is 16.6 Å². The number of nitrogens with two attached hydrogens (primary N) is 2. The van der Waals surface area contributed by atoms with Crippen molar-refractivity contribution in [2.45, 2.75) is 19.3 Å². The molecule has 0 radical (unpaired) electrons. The smallest absolute Gasteiger partial charge is 0.217 e. The van der Waals surface area contributed by atoms with E-state index in [-0.39, 0.29) is 5.91 Å². The molecular formula is C9H21N5O2. The molecule has 0 rings (SSSR count). The molecule has 16 heavy (non-hydrogen) atoms. The zero-order valence-electron chi connectivity index (χ0n) is 9.66. The Bertz CT molecular complexity index is 220. The highest BCUT2D eigenvalue weighted by atomic mass is 16.5. The second kappa shape index (κ2) is 10.2. The molecule has 0 aliphatic heterocycles. The van der Waals surface area contributed by atoms with Crippen molar-refractivity contribution in [3.63, 3.8) is 0 Å². The molecule has 0 fully saturated rings. The highest BCUT2D eigenvalue weighted by Crippen LogP contribution is 1.87.